The molecule has 4 rings (SSSR count). The van der Waals surface area contributed by atoms with E-state index in [2.05, 4.69) is 5.32 Å². The highest BCUT2D eigenvalue weighted by Gasteiger charge is 2.29. The number of urea groups is 1. The number of piperidine rings is 1. The van der Waals surface area contributed by atoms with Gasteiger partial charge in [0.15, 0.2) is 12.4 Å². The van der Waals surface area contributed by atoms with Gasteiger partial charge in [0.25, 0.3) is 0 Å². The van der Waals surface area contributed by atoms with Crippen LogP contribution < -0.4 is 5.32 Å². The minimum Gasteiger partial charge on any atom is -0.457 e. The fourth-order valence-corrected chi connectivity index (χ4v) is 4.29. The van der Waals surface area contributed by atoms with Gasteiger partial charge in [-0.15, -0.1) is 0 Å². The van der Waals surface area contributed by atoms with E-state index in [1.54, 1.807) is 4.90 Å². The average molecular weight is 421 g/mol. The van der Waals surface area contributed by atoms with Gasteiger partial charge >= 0.3 is 12.0 Å². The zero-order chi connectivity index (χ0) is 21.6. The Morgan fingerprint density at radius 1 is 0.935 bits per heavy atom. The summed E-state index contributed by atoms with van der Waals surface area (Å²) >= 11 is 0. The zero-order valence-corrected chi connectivity index (χ0v) is 17.6. The summed E-state index contributed by atoms with van der Waals surface area (Å²) in [5, 5.41) is 2.86. The van der Waals surface area contributed by atoms with Gasteiger partial charge in [-0.3, -0.25) is 9.59 Å². The third-order valence-electron chi connectivity index (χ3n) is 6.16. The average Bonchev–Trinajstić information content (AvgIpc) is 2.82. The molecule has 2 aliphatic rings. The zero-order valence-electron chi connectivity index (χ0n) is 17.6. The van der Waals surface area contributed by atoms with Gasteiger partial charge in [-0.2, -0.15) is 0 Å². The number of hydrogen-bond acceptors (Lipinski definition) is 4. The molecule has 31 heavy (non-hydrogen) atoms. The molecular weight excluding hydrogens is 392 g/mol. The Morgan fingerprint density at radius 2 is 1.65 bits per heavy atom. The molecular formula is C25H28N2O4. The molecule has 1 aliphatic carbocycles. The predicted molar refractivity (Wildman–Crippen MR) is 118 cm³/mol. The quantitative estimate of drug-likeness (QED) is 0.580. The highest BCUT2D eigenvalue weighted by Crippen LogP contribution is 2.23. The molecule has 2 aromatic carbocycles. The van der Waals surface area contributed by atoms with Crippen LogP contribution in [0.2, 0.25) is 0 Å². The molecule has 1 saturated heterocycles. The normalized spacial score (nSPS) is 16.3. The molecule has 1 heterocycles. The minimum absolute atomic E-state index is 0.165. The van der Waals surface area contributed by atoms with Gasteiger partial charge in [0, 0.05) is 24.3 Å². The summed E-state index contributed by atoms with van der Waals surface area (Å²) in [4.78, 5) is 39.0. The van der Waals surface area contributed by atoms with Crippen LogP contribution in [0.15, 0.2) is 48.5 Å². The lowest BCUT2D eigenvalue weighted by molar-refractivity contribution is -0.148. The van der Waals surface area contributed by atoms with E-state index in [4.69, 9.17) is 4.74 Å². The number of likely N-dealkylation sites (tertiary alicyclic amines) is 1. The number of hydrogen-bond donors (Lipinski definition) is 1. The number of para-hydroxylation sites is 1. The topological polar surface area (TPSA) is 75.7 Å². The summed E-state index contributed by atoms with van der Waals surface area (Å²) in [5.74, 6) is -0.798. The van der Waals surface area contributed by atoms with Gasteiger partial charge in [-0.25, -0.2) is 4.79 Å². The van der Waals surface area contributed by atoms with E-state index in [0.717, 1.165) is 24.9 Å². The van der Waals surface area contributed by atoms with Gasteiger partial charge in [0.05, 0.1) is 5.92 Å². The van der Waals surface area contributed by atoms with Crippen molar-refractivity contribution in [2.45, 2.75) is 38.5 Å². The number of esters is 1. The Hall–Kier alpha value is -3.15. The third kappa shape index (κ3) is 5.32. The Bertz CT molecular complexity index is 949. The SMILES string of the molecule is O=C(COC(=O)C1CCN(C(=O)Nc2ccccc2)CC1)c1ccc2c(c1)CCCC2. The number of fused-ring (bicyclic) bond motifs is 1. The summed E-state index contributed by atoms with van der Waals surface area (Å²) in [6.45, 7) is 0.737. The lowest BCUT2D eigenvalue weighted by atomic mass is 9.90. The first-order valence-corrected chi connectivity index (χ1v) is 11.0. The van der Waals surface area contributed by atoms with E-state index >= 15 is 0 Å². The van der Waals surface area contributed by atoms with E-state index < -0.39 is 0 Å². The number of anilines is 1. The number of aryl methyl sites for hydroxylation is 2. The third-order valence-corrected chi connectivity index (χ3v) is 6.16. The van der Waals surface area contributed by atoms with Crippen LogP contribution in [0, 0.1) is 5.92 Å². The maximum absolute atomic E-state index is 12.5. The first kappa shape index (κ1) is 21.1. The summed E-state index contributed by atoms with van der Waals surface area (Å²) < 4.78 is 5.33. The van der Waals surface area contributed by atoms with Crippen LogP contribution in [-0.4, -0.2) is 42.4 Å². The summed E-state index contributed by atoms with van der Waals surface area (Å²) in [7, 11) is 0. The van der Waals surface area contributed by atoms with Crippen LogP contribution in [0.3, 0.4) is 0 Å². The van der Waals surface area contributed by atoms with Gasteiger partial charge in [0.2, 0.25) is 0 Å². The lowest BCUT2D eigenvalue weighted by Gasteiger charge is -2.30. The maximum atomic E-state index is 12.5. The van der Waals surface area contributed by atoms with Crippen molar-refractivity contribution in [3.63, 3.8) is 0 Å². The molecule has 1 aliphatic heterocycles. The number of Topliss-reactive ketones (excluding diaryl/α,β-unsaturated/α-hetero) is 1. The molecule has 162 valence electrons. The van der Waals surface area contributed by atoms with Gasteiger partial charge in [-0.1, -0.05) is 30.3 Å². The summed E-state index contributed by atoms with van der Waals surface area (Å²) in [5.41, 5.74) is 3.92. The van der Waals surface area contributed by atoms with Crippen molar-refractivity contribution in [1.82, 2.24) is 4.90 Å². The van der Waals surface area contributed by atoms with Gasteiger partial charge < -0.3 is 15.0 Å². The Kier molecular flexibility index (Phi) is 6.65. The van der Waals surface area contributed by atoms with E-state index in [1.807, 2.05) is 48.5 Å². The number of ketones is 1. The number of amides is 2. The highest BCUT2D eigenvalue weighted by molar-refractivity contribution is 5.98. The van der Waals surface area contributed by atoms with E-state index in [1.165, 1.54) is 17.5 Å². The standard InChI is InChI=1S/C25H28N2O4/c28-23(21-11-10-18-6-4-5-7-20(18)16-21)17-31-24(29)19-12-14-27(15-13-19)25(30)26-22-8-2-1-3-9-22/h1-3,8-11,16,19H,4-7,12-15,17H2,(H,26,30). The number of benzene rings is 2. The molecule has 0 unspecified atom stereocenters. The van der Waals surface area contributed by atoms with Gasteiger partial charge in [-0.05, 0) is 67.9 Å². The molecule has 0 bridgehead atoms. The Balaban J connectivity index is 1.23. The van der Waals surface area contributed by atoms with Crippen molar-refractivity contribution in [3.8, 4) is 0 Å². The second-order valence-electron chi connectivity index (χ2n) is 8.28. The molecule has 6 heteroatoms. The van der Waals surface area contributed by atoms with Crippen molar-refractivity contribution in [2.75, 3.05) is 25.0 Å². The molecule has 1 fully saturated rings. The number of ether oxygens (including phenoxy) is 1. The molecule has 2 aromatic rings. The van der Waals surface area contributed by atoms with Crippen molar-refractivity contribution < 1.29 is 19.1 Å². The molecule has 0 saturated carbocycles. The smallest absolute Gasteiger partial charge is 0.321 e. The second kappa shape index (κ2) is 9.77. The lowest BCUT2D eigenvalue weighted by Crippen LogP contribution is -2.42. The molecule has 0 spiro atoms. The van der Waals surface area contributed by atoms with Crippen LogP contribution >= 0.6 is 0 Å². The van der Waals surface area contributed by atoms with Gasteiger partial charge in [0.1, 0.15) is 0 Å². The first-order valence-electron chi connectivity index (χ1n) is 11.0. The summed E-state index contributed by atoms with van der Waals surface area (Å²) in [6, 6.07) is 14.9. The van der Waals surface area contributed by atoms with Crippen LogP contribution in [0.25, 0.3) is 0 Å². The van der Waals surface area contributed by atoms with Crippen LogP contribution in [0.1, 0.15) is 47.2 Å². The van der Waals surface area contributed by atoms with Crippen molar-refractivity contribution >= 4 is 23.5 Å². The van der Waals surface area contributed by atoms with Crippen LogP contribution in [0.5, 0.6) is 0 Å². The molecule has 6 nitrogen and oxygen atoms in total. The minimum atomic E-state index is -0.352. The fourth-order valence-electron chi connectivity index (χ4n) is 4.29. The predicted octanol–water partition coefficient (Wildman–Crippen LogP) is 4.24. The van der Waals surface area contributed by atoms with Crippen molar-refractivity contribution in [2.24, 2.45) is 5.92 Å². The van der Waals surface area contributed by atoms with Crippen LogP contribution in [0.4, 0.5) is 10.5 Å². The number of nitrogens with one attached hydrogen (secondary N) is 1. The second-order valence-corrected chi connectivity index (χ2v) is 8.28. The van der Waals surface area contributed by atoms with E-state index in [0.29, 0.717) is 31.5 Å². The first-order chi connectivity index (χ1) is 15.1. The Labute approximate surface area is 182 Å². The molecule has 0 atom stereocenters. The van der Waals surface area contributed by atoms with Crippen LogP contribution in [-0.2, 0) is 22.4 Å². The number of carbonyl (C=O) groups is 3. The van der Waals surface area contributed by atoms with E-state index in [9.17, 15) is 14.4 Å². The largest absolute Gasteiger partial charge is 0.457 e. The van der Waals surface area contributed by atoms with Crippen molar-refractivity contribution in [3.05, 3.63) is 65.2 Å². The highest BCUT2D eigenvalue weighted by atomic mass is 16.5. The summed E-state index contributed by atoms with van der Waals surface area (Å²) in [6.07, 6.45) is 5.50. The maximum Gasteiger partial charge on any atom is 0.321 e. The number of rotatable bonds is 5. The molecule has 2 amide bonds. The monoisotopic (exact) mass is 420 g/mol. The Morgan fingerprint density at radius 3 is 2.39 bits per heavy atom. The van der Waals surface area contributed by atoms with Crippen molar-refractivity contribution in [1.29, 1.82) is 0 Å². The van der Waals surface area contributed by atoms with E-state index in [-0.39, 0.29) is 30.3 Å². The number of carbonyl (C=O) groups excluding carboxylic acids is 3. The fraction of sp³-hybridized carbons (Fsp3) is 0.400. The molecule has 0 aromatic heterocycles. The number of nitrogens with zero attached hydrogens (tertiary/aromatic N) is 1. The molecule has 0 radical (unpaired) electrons. The molecule has 1 N–H and O–H groups in total.